The Bertz CT molecular complexity index is 464. The van der Waals surface area contributed by atoms with Crippen LogP contribution < -0.4 is 0 Å². The number of nitrogens with zero attached hydrogens (tertiary/aromatic N) is 3. The van der Waals surface area contributed by atoms with Crippen LogP contribution in [0.5, 0.6) is 0 Å². The van der Waals surface area contributed by atoms with Crippen LogP contribution in [0.4, 0.5) is 0 Å². The van der Waals surface area contributed by atoms with Gasteiger partial charge in [-0.25, -0.2) is 0 Å². The molecule has 0 spiro atoms. The Hall–Kier alpha value is -1.42. The number of pyridine rings is 1. The van der Waals surface area contributed by atoms with E-state index in [-0.39, 0.29) is 11.8 Å². The van der Waals surface area contributed by atoms with Gasteiger partial charge in [-0.2, -0.15) is 0 Å². The van der Waals surface area contributed by atoms with Gasteiger partial charge in [-0.15, -0.1) is 0 Å². The molecule has 0 aromatic carbocycles. The Morgan fingerprint density at radius 1 is 1.29 bits per heavy atom. The van der Waals surface area contributed by atoms with Crippen LogP contribution in [0.15, 0.2) is 24.4 Å². The van der Waals surface area contributed by atoms with E-state index in [4.69, 9.17) is 0 Å². The van der Waals surface area contributed by atoms with E-state index >= 15 is 0 Å². The molecule has 1 aromatic rings. The summed E-state index contributed by atoms with van der Waals surface area (Å²) in [5, 5.41) is 0. The predicted octanol–water partition coefficient (Wildman–Crippen LogP) is 2.30. The van der Waals surface area contributed by atoms with Crippen LogP contribution in [-0.2, 0) is 11.3 Å². The van der Waals surface area contributed by atoms with Crippen LogP contribution in [-0.4, -0.2) is 46.9 Å². The molecule has 1 aromatic heterocycles. The maximum Gasteiger partial charge on any atom is 0.228 e. The molecule has 1 aliphatic heterocycles. The summed E-state index contributed by atoms with van der Waals surface area (Å²) >= 11 is 0. The van der Waals surface area contributed by atoms with Gasteiger partial charge >= 0.3 is 0 Å². The van der Waals surface area contributed by atoms with E-state index in [0.29, 0.717) is 6.54 Å². The summed E-state index contributed by atoms with van der Waals surface area (Å²) in [6.07, 6.45) is 8.54. The summed E-state index contributed by atoms with van der Waals surface area (Å²) in [6.45, 7) is 2.52. The van der Waals surface area contributed by atoms with Crippen LogP contribution in [0.25, 0.3) is 0 Å². The lowest BCUT2D eigenvalue weighted by atomic mass is 9.88. The number of aromatic nitrogens is 1. The molecule has 2 heterocycles. The average molecular weight is 287 g/mol. The van der Waals surface area contributed by atoms with Gasteiger partial charge in [0, 0.05) is 32.4 Å². The molecule has 0 unspecified atom stereocenters. The quantitative estimate of drug-likeness (QED) is 0.852. The Balaban J connectivity index is 1.46. The zero-order valence-electron chi connectivity index (χ0n) is 12.9. The van der Waals surface area contributed by atoms with Gasteiger partial charge in [0.2, 0.25) is 5.91 Å². The third-order valence-electron chi connectivity index (χ3n) is 4.85. The smallest absolute Gasteiger partial charge is 0.228 e. The number of amides is 1. The van der Waals surface area contributed by atoms with Gasteiger partial charge in [-0.1, -0.05) is 25.3 Å². The number of carbonyl (C=O) groups excluding carboxylic acids is 1. The molecular weight excluding hydrogens is 262 g/mol. The molecule has 2 fully saturated rings. The van der Waals surface area contributed by atoms with Gasteiger partial charge in [0.15, 0.2) is 0 Å². The molecule has 21 heavy (non-hydrogen) atoms. The summed E-state index contributed by atoms with van der Waals surface area (Å²) in [6, 6.07) is 6.58. The molecule has 1 amide bonds. The second-order valence-corrected chi connectivity index (χ2v) is 6.46. The van der Waals surface area contributed by atoms with Crippen LogP contribution in [0.3, 0.4) is 0 Å². The number of carbonyl (C=O) groups is 1. The molecule has 4 nitrogen and oxygen atoms in total. The summed E-state index contributed by atoms with van der Waals surface area (Å²) in [4.78, 5) is 21.1. The van der Waals surface area contributed by atoms with E-state index in [0.717, 1.165) is 24.8 Å². The fourth-order valence-electron chi connectivity index (χ4n) is 3.54. The van der Waals surface area contributed by atoms with Gasteiger partial charge < -0.3 is 4.90 Å². The van der Waals surface area contributed by atoms with Crippen molar-refractivity contribution in [1.29, 1.82) is 0 Å². The van der Waals surface area contributed by atoms with Gasteiger partial charge in [0.25, 0.3) is 0 Å². The molecule has 2 aliphatic rings. The lowest BCUT2D eigenvalue weighted by Crippen LogP contribution is -2.57. The highest BCUT2D eigenvalue weighted by Crippen LogP contribution is 2.29. The van der Waals surface area contributed by atoms with Crippen molar-refractivity contribution in [1.82, 2.24) is 14.8 Å². The molecule has 1 aliphatic carbocycles. The molecule has 0 bridgehead atoms. The number of hydrogen-bond acceptors (Lipinski definition) is 3. The van der Waals surface area contributed by atoms with Crippen molar-refractivity contribution in [2.45, 2.75) is 44.7 Å². The van der Waals surface area contributed by atoms with Crippen LogP contribution in [0.1, 0.15) is 37.8 Å². The van der Waals surface area contributed by atoms with Crippen molar-refractivity contribution in [2.24, 2.45) is 5.92 Å². The minimum atomic E-state index is 0.195. The highest BCUT2D eigenvalue weighted by molar-refractivity contribution is 5.79. The Kier molecular flexibility index (Phi) is 4.54. The van der Waals surface area contributed by atoms with Crippen molar-refractivity contribution >= 4 is 5.91 Å². The third kappa shape index (κ3) is 3.43. The maximum absolute atomic E-state index is 12.4. The molecular formula is C17H25N3O. The maximum atomic E-state index is 12.4. The lowest BCUT2D eigenvalue weighted by Gasteiger charge is -2.45. The highest BCUT2D eigenvalue weighted by atomic mass is 16.2. The minimum Gasteiger partial charge on any atom is -0.340 e. The Morgan fingerprint density at radius 3 is 2.71 bits per heavy atom. The lowest BCUT2D eigenvalue weighted by molar-refractivity contribution is -0.141. The predicted molar refractivity (Wildman–Crippen MR) is 82.6 cm³/mol. The molecule has 1 saturated carbocycles. The van der Waals surface area contributed by atoms with Gasteiger partial charge in [0.1, 0.15) is 0 Å². The van der Waals surface area contributed by atoms with Gasteiger partial charge in [0.05, 0.1) is 18.2 Å². The summed E-state index contributed by atoms with van der Waals surface area (Å²) in [5.74, 6) is 0.466. The molecule has 1 saturated heterocycles. The first kappa shape index (κ1) is 14.5. The second kappa shape index (κ2) is 6.56. The van der Waals surface area contributed by atoms with Crippen molar-refractivity contribution in [3.05, 3.63) is 30.1 Å². The molecule has 3 rings (SSSR count). The van der Waals surface area contributed by atoms with Crippen LogP contribution in [0, 0.1) is 5.92 Å². The van der Waals surface area contributed by atoms with Crippen molar-refractivity contribution in [2.75, 3.05) is 20.1 Å². The molecule has 114 valence electrons. The van der Waals surface area contributed by atoms with Crippen LogP contribution >= 0.6 is 0 Å². The summed E-state index contributed by atoms with van der Waals surface area (Å²) in [7, 11) is 1.89. The molecule has 4 heteroatoms. The first-order chi connectivity index (χ1) is 10.2. The summed E-state index contributed by atoms with van der Waals surface area (Å²) < 4.78 is 0. The normalized spacial score (nSPS) is 21.0. The largest absolute Gasteiger partial charge is 0.340 e. The van der Waals surface area contributed by atoms with Gasteiger partial charge in [-0.3, -0.25) is 14.7 Å². The topological polar surface area (TPSA) is 36.4 Å². The first-order valence-corrected chi connectivity index (χ1v) is 8.13. The number of rotatable bonds is 4. The zero-order chi connectivity index (χ0) is 14.7. The Labute approximate surface area is 127 Å². The van der Waals surface area contributed by atoms with E-state index in [1.54, 1.807) is 6.20 Å². The van der Waals surface area contributed by atoms with E-state index in [1.807, 2.05) is 30.1 Å². The molecule has 0 atom stereocenters. The van der Waals surface area contributed by atoms with Crippen molar-refractivity contribution in [3.8, 4) is 0 Å². The number of likely N-dealkylation sites (tertiary alicyclic amines) is 1. The highest BCUT2D eigenvalue weighted by Gasteiger charge is 2.38. The molecule has 0 N–H and O–H groups in total. The van der Waals surface area contributed by atoms with Crippen molar-refractivity contribution in [3.63, 3.8) is 0 Å². The SMILES string of the molecule is CN(Cc1ccccn1)C(=O)C1CN(C2CCCCC2)C1. The van der Waals surface area contributed by atoms with E-state index in [2.05, 4.69) is 9.88 Å². The monoisotopic (exact) mass is 287 g/mol. The summed E-state index contributed by atoms with van der Waals surface area (Å²) in [5.41, 5.74) is 0.955. The average Bonchev–Trinajstić information content (AvgIpc) is 2.48. The fourth-order valence-corrected chi connectivity index (χ4v) is 3.54. The standard InChI is InChI=1S/C17H25N3O/c1-19(13-15-7-5-6-10-18-15)17(21)14-11-20(12-14)16-8-3-2-4-9-16/h5-7,10,14,16H,2-4,8-9,11-13H2,1H3. The minimum absolute atomic E-state index is 0.195. The van der Waals surface area contributed by atoms with Crippen molar-refractivity contribution < 1.29 is 4.79 Å². The van der Waals surface area contributed by atoms with Crippen LogP contribution in [0.2, 0.25) is 0 Å². The second-order valence-electron chi connectivity index (χ2n) is 6.46. The zero-order valence-corrected chi connectivity index (χ0v) is 12.9. The first-order valence-electron chi connectivity index (χ1n) is 8.13. The van der Waals surface area contributed by atoms with E-state index < -0.39 is 0 Å². The third-order valence-corrected chi connectivity index (χ3v) is 4.85. The van der Waals surface area contributed by atoms with Gasteiger partial charge in [-0.05, 0) is 25.0 Å². The Morgan fingerprint density at radius 2 is 2.05 bits per heavy atom. The van der Waals surface area contributed by atoms with E-state index in [1.165, 1.54) is 32.1 Å². The molecule has 0 radical (unpaired) electrons. The number of hydrogen-bond donors (Lipinski definition) is 0. The fraction of sp³-hybridized carbons (Fsp3) is 0.647. The van der Waals surface area contributed by atoms with E-state index in [9.17, 15) is 4.79 Å².